The van der Waals surface area contributed by atoms with Crippen molar-refractivity contribution in [3.8, 4) is 0 Å². The first-order valence-corrected chi connectivity index (χ1v) is 11.9. The molecular formula is C26H35N5O2. The van der Waals surface area contributed by atoms with E-state index < -0.39 is 0 Å². The number of nitrogens with one attached hydrogen (secondary N) is 1. The Balaban J connectivity index is 1.24. The second-order valence-electron chi connectivity index (χ2n) is 8.99. The van der Waals surface area contributed by atoms with Gasteiger partial charge in [0, 0.05) is 77.2 Å². The van der Waals surface area contributed by atoms with Crippen LogP contribution >= 0.6 is 0 Å². The molecule has 176 valence electrons. The number of rotatable bonds is 6. The average Bonchev–Trinajstić information content (AvgIpc) is 2.85. The van der Waals surface area contributed by atoms with Crippen LogP contribution in [0.5, 0.6) is 0 Å². The van der Waals surface area contributed by atoms with Gasteiger partial charge < -0.3 is 20.0 Å². The molecule has 2 amide bonds. The first kappa shape index (κ1) is 23.1. The van der Waals surface area contributed by atoms with E-state index in [2.05, 4.69) is 69.7 Å². The average molecular weight is 450 g/mol. The van der Waals surface area contributed by atoms with Gasteiger partial charge in [-0.2, -0.15) is 0 Å². The number of hydrogen-bond donors (Lipinski definition) is 1. The molecular weight excluding hydrogens is 414 g/mol. The Labute approximate surface area is 196 Å². The molecule has 0 aliphatic carbocycles. The number of carbonyl (C=O) groups is 2. The van der Waals surface area contributed by atoms with Crippen LogP contribution in [0, 0.1) is 0 Å². The maximum atomic E-state index is 12.8. The van der Waals surface area contributed by atoms with E-state index in [0.29, 0.717) is 26.2 Å². The van der Waals surface area contributed by atoms with Crippen LogP contribution in [0.3, 0.4) is 0 Å². The van der Waals surface area contributed by atoms with Crippen LogP contribution in [0.1, 0.15) is 19.4 Å². The molecule has 1 unspecified atom stereocenters. The lowest BCUT2D eigenvalue weighted by Gasteiger charge is -2.36. The van der Waals surface area contributed by atoms with Gasteiger partial charge in [-0.15, -0.1) is 0 Å². The van der Waals surface area contributed by atoms with Crippen LogP contribution < -0.4 is 10.2 Å². The summed E-state index contributed by atoms with van der Waals surface area (Å²) in [6, 6.07) is 18.7. The molecule has 2 aromatic rings. The Morgan fingerprint density at radius 3 is 2.03 bits per heavy atom. The van der Waals surface area contributed by atoms with Crippen molar-refractivity contribution in [1.29, 1.82) is 0 Å². The smallest absolute Gasteiger partial charge is 0.244 e. The molecule has 0 saturated carbocycles. The van der Waals surface area contributed by atoms with E-state index >= 15 is 0 Å². The monoisotopic (exact) mass is 449 g/mol. The highest BCUT2D eigenvalue weighted by atomic mass is 16.2. The van der Waals surface area contributed by atoms with Crippen LogP contribution in [0.2, 0.25) is 0 Å². The van der Waals surface area contributed by atoms with Gasteiger partial charge in [0.15, 0.2) is 0 Å². The molecule has 2 aliphatic heterocycles. The van der Waals surface area contributed by atoms with Crippen molar-refractivity contribution < 1.29 is 9.59 Å². The molecule has 0 spiro atoms. The van der Waals surface area contributed by atoms with E-state index in [0.717, 1.165) is 38.4 Å². The predicted molar refractivity (Wildman–Crippen MR) is 132 cm³/mol. The molecule has 33 heavy (non-hydrogen) atoms. The summed E-state index contributed by atoms with van der Waals surface area (Å²) in [7, 11) is 0. The van der Waals surface area contributed by atoms with Gasteiger partial charge in [-0.1, -0.05) is 30.3 Å². The van der Waals surface area contributed by atoms with Crippen molar-refractivity contribution in [2.24, 2.45) is 0 Å². The highest BCUT2D eigenvalue weighted by Gasteiger charge is 2.26. The summed E-state index contributed by atoms with van der Waals surface area (Å²) >= 11 is 0. The van der Waals surface area contributed by atoms with Crippen molar-refractivity contribution in [2.45, 2.75) is 26.4 Å². The van der Waals surface area contributed by atoms with Gasteiger partial charge in [-0.3, -0.25) is 14.5 Å². The third-order valence-corrected chi connectivity index (χ3v) is 6.64. The number of nitrogens with zero attached hydrogens (tertiary/aromatic N) is 4. The van der Waals surface area contributed by atoms with E-state index in [4.69, 9.17) is 0 Å². The topological polar surface area (TPSA) is 59.1 Å². The minimum Gasteiger partial charge on any atom is -0.374 e. The lowest BCUT2D eigenvalue weighted by Crippen LogP contribution is -2.53. The number of hydrogen-bond acceptors (Lipinski definition) is 5. The molecule has 7 nitrogen and oxygen atoms in total. The largest absolute Gasteiger partial charge is 0.374 e. The minimum absolute atomic E-state index is 0.0750. The molecule has 4 rings (SSSR count). The first-order chi connectivity index (χ1) is 16.0. The van der Waals surface area contributed by atoms with Crippen molar-refractivity contribution in [3.05, 3.63) is 60.2 Å². The number of benzene rings is 2. The summed E-state index contributed by atoms with van der Waals surface area (Å²) in [5, 5.41) is 3.34. The molecule has 2 fully saturated rings. The quantitative estimate of drug-likeness (QED) is 0.734. The molecule has 7 heteroatoms. The Kier molecular flexibility index (Phi) is 7.50. The zero-order valence-corrected chi connectivity index (χ0v) is 19.7. The zero-order valence-electron chi connectivity index (χ0n) is 19.7. The molecule has 1 N–H and O–H groups in total. The van der Waals surface area contributed by atoms with Crippen LogP contribution in [0.15, 0.2) is 54.6 Å². The van der Waals surface area contributed by atoms with Crippen molar-refractivity contribution in [3.63, 3.8) is 0 Å². The van der Waals surface area contributed by atoms with Crippen molar-refractivity contribution in [1.82, 2.24) is 14.7 Å². The number of piperazine rings is 2. The van der Waals surface area contributed by atoms with E-state index in [1.807, 2.05) is 11.8 Å². The summed E-state index contributed by atoms with van der Waals surface area (Å²) < 4.78 is 0. The molecule has 1 atom stereocenters. The van der Waals surface area contributed by atoms with Gasteiger partial charge in [0.1, 0.15) is 6.04 Å². The Morgan fingerprint density at radius 1 is 0.818 bits per heavy atom. The molecule has 2 aromatic carbocycles. The number of anilines is 2. The first-order valence-electron chi connectivity index (χ1n) is 11.9. The van der Waals surface area contributed by atoms with E-state index in [9.17, 15) is 9.59 Å². The van der Waals surface area contributed by atoms with Crippen LogP contribution in [0.25, 0.3) is 0 Å². The van der Waals surface area contributed by atoms with Crippen LogP contribution in [-0.4, -0.2) is 84.9 Å². The highest BCUT2D eigenvalue weighted by molar-refractivity contribution is 5.84. The lowest BCUT2D eigenvalue weighted by atomic mass is 10.1. The van der Waals surface area contributed by atoms with Gasteiger partial charge in [0.05, 0.1) is 0 Å². The van der Waals surface area contributed by atoms with Crippen LogP contribution in [-0.2, 0) is 16.1 Å². The molecule has 2 heterocycles. The summed E-state index contributed by atoms with van der Waals surface area (Å²) in [5.74, 6) is 0.155. The van der Waals surface area contributed by atoms with E-state index in [1.165, 1.54) is 11.3 Å². The van der Waals surface area contributed by atoms with Gasteiger partial charge in [0.2, 0.25) is 11.8 Å². The van der Waals surface area contributed by atoms with Gasteiger partial charge in [-0.05, 0) is 36.8 Å². The summed E-state index contributed by atoms with van der Waals surface area (Å²) in [6.45, 7) is 11.0. The third-order valence-electron chi connectivity index (χ3n) is 6.64. The maximum absolute atomic E-state index is 12.8. The lowest BCUT2D eigenvalue weighted by molar-refractivity contribution is -0.138. The van der Waals surface area contributed by atoms with Gasteiger partial charge in [0.25, 0.3) is 0 Å². The third kappa shape index (κ3) is 6.05. The van der Waals surface area contributed by atoms with Crippen molar-refractivity contribution >= 4 is 23.2 Å². The van der Waals surface area contributed by atoms with Crippen molar-refractivity contribution in [2.75, 3.05) is 62.6 Å². The summed E-state index contributed by atoms with van der Waals surface area (Å²) in [5.41, 5.74) is 3.54. The fraction of sp³-hybridized carbons (Fsp3) is 0.462. The fourth-order valence-corrected chi connectivity index (χ4v) is 4.60. The van der Waals surface area contributed by atoms with Gasteiger partial charge in [-0.25, -0.2) is 0 Å². The number of carbonyl (C=O) groups excluding carboxylic acids is 2. The molecule has 0 aromatic heterocycles. The molecule has 2 saturated heterocycles. The number of amides is 2. The predicted octanol–water partition coefficient (Wildman–Crippen LogP) is 2.50. The Morgan fingerprint density at radius 2 is 1.42 bits per heavy atom. The highest BCUT2D eigenvalue weighted by Crippen LogP contribution is 2.21. The summed E-state index contributed by atoms with van der Waals surface area (Å²) in [6.07, 6.45) is 0. The van der Waals surface area contributed by atoms with E-state index in [-0.39, 0.29) is 17.9 Å². The van der Waals surface area contributed by atoms with Crippen LogP contribution in [0.4, 0.5) is 11.4 Å². The minimum atomic E-state index is -0.304. The second-order valence-corrected chi connectivity index (χ2v) is 8.99. The maximum Gasteiger partial charge on any atom is 0.244 e. The Bertz CT molecular complexity index is 917. The normalized spacial score (nSPS) is 18.2. The Hall–Kier alpha value is -3.06. The second kappa shape index (κ2) is 10.7. The standard InChI is InChI=1S/C26H35N5O2/c1-21(26(33)31-18-16-29(17-19-31)22(2)32)27-24-8-10-25(11-9-24)30-14-12-28(13-15-30)20-23-6-4-3-5-7-23/h3-11,21,27H,12-20H2,1-2H3. The van der Waals surface area contributed by atoms with Gasteiger partial charge >= 0.3 is 0 Å². The molecule has 0 radical (unpaired) electrons. The molecule has 0 bridgehead atoms. The fourth-order valence-electron chi connectivity index (χ4n) is 4.60. The zero-order chi connectivity index (χ0) is 23.2. The summed E-state index contributed by atoms with van der Waals surface area (Å²) in [4.78, 5) is 32.9. The molecule has 2 aliphatic rings. The van der Waals surface area contributed by atoms with E-state index in [1.54, 1.807) is 11.8 Å². The SMILES string of the molecule is CC(=O)N1CCN(C(=O)C(C)Nc2ccc(N3CCN(Cc4ccccc4)CC3)cc2)CC1.